The molecule has 1 aliphatic rings. The molecule has 6 nitrogen and oxygen atoms in total. The Balaban J connectivity index is 1.69. The topological polar surface area (TPSA) is 76.8 Å². The summed E-state index contributed by atoms with van der Waals surface area (Å²) in [5, 5.41) is 0.394. The molecule has 0 spiro atoms. The van der Waals surface area contributed by atoms with Crippen LogP contribution in [0, 0.1) is 13.8 Å². The maximum Gasteiger partial charge on any atom is 0.339 e. The lowest BCUT2D eigenvalue weighted by atomic mass is 10.1. The summed E-state index contributed by atoms with van der Waals surface area (Å²) in [6.07, 6.45) is 0.930. The van der Waals surface area contributed by atoms with E-state index in [0.29, 0.717) is 48.0 Å². The van der Waals surface area contributed by atoms with E-state index in [2.05, 4.69) is 0 Å². The van der Waals surface area contributed by atoms with Gasteiger partial charge >= 0.3 is 5.63 Å². The smallest absolute Gasteiger partial charge is 0.339 e. The molecule has 26 heavy (non-hydrogen) atoms. The van der Waals surface area contributed by atoms with Crippen LogP contribution in [0.2, 0.25) is 5.02 Å². The van der Waals surface area contributed by atoms with Crippen molar-refractivity contribution in [3.63, 3.8) is 0 Å². The van der Waals surface area contributed by atoms with E-state index >= 15 is 0 Å². The first-order valence-corrected chi connectivity index (χ1v) is 10.1. The molecule has 0 N–H and O–H groups in total. The number of halogens is 1. The zero-order valence-electron chi connectivity index (χ0n) is 14.6. The third kappa shape index (κ3) is 4.11. The fourth-order valence-electron chi connectivity index (χ4n) is 3.02. The average molecular weight is 398 g/mol. The quantitative estimate of drug-likeness (QED) is 0.792. The summed E-state index contributed by atoms with van der Waals surface area (Å²) >= 11 is 5.96. The first kappa shape index (κ1) is 18.9. The van der Waals surface area contributed by atoms with Crippen molar-refractivity contribution in [3.05, 3.63) is 57.1 Å². The van der Waals surface area contributed by atoms with Gasteiger partial charge in [0.25, 0.3) is 0 Å². The molecule has 0 amide bonds. The van der Waals surface area contributed by atoms with Crippen LogP contribution in [-0.4, -0.2) is 31.9 Å². The molecule has 0 radical (unpaired) electrons. The molecule has 3 rings (SSSR count). The number of nitrogens with zero attached hydrogens (tertiary/aromatic N) is 1. The summed E-state index contributed by atoms with van der Waals surface area (Å²) in [4.78, 5) is 11.6. The minimum atomic E-state index is -3.60. The highest BCUT2D eigenvalue weighted by Gasteiger charge is 2.31. The van der Waals surface area contributed by atoms with Gasteiger partial charge in [-0.15, -0.1) is 0 Å². The van der Waals surface area contributed by atoms with Crippen LogP contribution in [0.25, 0.3) is 0 Å². The van der Waals surface area contributed by atoms with E-state index < -0.39 is 15.6 Å². The molecule has 2 aromatic rings. The third-order valence-corrected chi connectivity index (χ3v) is 6.61. The monoisotopic (exact) mass is 397 g/mol. The summed E-state index contributed by atoms with van der Waals surface area (Å²) < 4.78 is 38.0. The number of ether oxygens (including phenoxy) is 1. The lowest BCUT2D eigenvalue weighted by Gasteiger charge is -2.31. The number of piperidine rings is 1. The van der Waals surface area contributed by atoms with E-state index in [-0.39, 0.29) is 11.0 Å². The van der Waals surface area contributed by atoms with E-state index in [4.69, 9.17) is 20.8 Å². The van der Waals surface area contributed by atoms with Gasteiger partial charge in [-0.05, 0) is 44.4 Å². The molecule has 140 valence electrons. The maximum atomic E-state index is 12.9. The summed E-state index contributed by atoms with van der Waals surface area (Å²) in [7, 11) is -3.60. The van der Waals surface area contributed by atoms with Gasteiger partial charge in [0.2, 0.25) is 10.0 Å². The summed E-state index contributed by atoms with van der Waals surface area (Å²) in [6, 6.07) is 7.81. The lowest BCUT2D eigenvalue weighted by molar-refractivity contribution is 0.134. The van der Waals surface area contributed by atoms with Crippen molar-refractivity contribution in [2.75, 3.05) is 13.1 Å². The minimum Gasteiger partial charge on any atom is -0.490 e. The Labute approximate surface area is 157 Å². The minimum absolute atomic E-state index is 0.150. The van der Waals surface area contributed by atoms with Crippen LogP contribution in [0.5, 0.6) is 5.75 Å². The highest BCUT2D eigenvalue weighted by Crippen LogP contribution is 2.27. The number of hydrogen-bond donors (Lipinski definition) is 0. The molecule has 8 heteroatoms. The van der Waals surface area contributed by atoms with Crippen molar-refractivity contribution in [2.24, 2.45) is 0 Å². The first-order chi connectivity index (χ1) is 12.3. The van der Waals surface area contributed by atoms with Crippen molar-refractivity contribution in [1.29, 1.82) is 0 Å². The van der Waals surface area contributed by atoms with E-state index in [1.54, 1.807) is 32.0 Å². The van der Waals surface area contributed by atoms with Crippen molar-refractivity contribution < 1.29 is 17.6 Å². The summed E-state index contributed by atoms with van der Waals surface area (Å²) in [5.74, 6) is 0.926. The fourth-order valence-corrected chi connectivity index (χ4v) is 4.97. The largest absolute Gasteiger partial charge is 0.490 e. The number of hydrogen-bond acceptors (Lipinski definition) is 5. The second-order valence-electron chi connectivity index (χ2n) is 6.35. The van der Waals surface area contributed by atoms with Gasteiger partial charge in [0, 0.05) is 24.2 Å². The van der Waals surface area contributed by atoms with Crippen LogP contribution < -0.4 is 10.4 Å². The van der Waals surface area contributed by atoms with Crippen LogP contribution in [0.15, 0.2) is 44.4 Å². The van der Waals surface area contributed by atoms with Gasteiger partial charge in [-0.2, -0.15) is 4.31 Å². The highest BCUT2D eigenvalue weighted by atomic mass is 35.5. The van der Waals surface area contributed by atoms with Gasteiger partial charge in [0.05, 0.1) is 11.0 Å². The standard InChI is InChI=1S/C18H20ClNO5S/c1-12-3-4-14(19)10-17(12)26(22,23)20-7-5-15(6-8-20)25-16-9-13(2)24-18(21)11-16/h3-4,9-11,15H,5-8H2,1-2H3. The maximum absolute atomic E-state index is 12.9. The molecular weight excluding hydrogens is 378 g/mol. The molecule has 0 bridgehead atoms. The Morgan fingerprint density at radius 2 is 1.85 bits per heavy atom. The molecule has 0 saturated carbocycles. The van der Waals surface area contributed by atoms with E-state index in [1.807, 2.05) is 0 Å². The Morgan fingerprint density at radius 1 is 1.15 bits per heavy atom. The second-order valence-corrected chi connectivity index (χ2v) is 8.70. The van der Waals surface area contributed by atoms with Crippen molar-refractivity contribution >= 4 is 21.6 Å². The molecular formula is C18H20ClNO5S. The third-order valence-electron chi connectivity index (χ3n) is 4.34. The molecule has 1 saturated heterocycles. The Bertz CT molecular complexity index is 962. The van der Waals surface area contributed by atoms with E-state index in [0.717, 1.165) is 0 Å². The lowest BCUT2D eigenvalue weighted by Crippen LogP contribution is -2.42. The number of rotatable bonds is 4. The van der Waals surface area contributed by atoms with Crippen LogP contribution in [-0.2, 0) is 10.0 Å². The summed E-state index contributed by atoms with van der Waals surface area (Å²) in [5.41, 5.74) is 0.204. The average Bonchev–Trinajstić information content (AvgIpc) is 2.56. The van der Waals surface area contributed by atoms with Crippen molar-refractivity contribution in [2.45, 2.75) is 37.7 Å². The van der Waals surface area contributed by atoms with Crippen molar-refractivity contribution in [1.82, 2.24) is 4.31 Å². The number of benzene rings is 1. The van der Waals surface area contributed by atoms with Gasteiger partial charge in [-0.3, -0.25) is 0 Å². The zero-order valence-corrected chi connectivity index (χ0v) is 16.1. The second kappa shape index (κ2) is 7.42. The van der Waals surface area contributed by atoms with Crippen LogP contribution in [0.4, 0.5) is 0 Å². The Morgan fingerprint density at radius 3 is 2.50 bits per heavy atom. The normalized spacial score (nSPS) is 16.6. The van der Waals surface area contributed by atoms with Gasteiger partial charge in [0.15, 0.2) is 0 Å². The first-order valence-electron chi connectivity index (χ1n) is 8.30. The van der Waals surface area contributed by atoms with E-state index in [1.165, 1.54) is 16.4 Å². The molecule has 0 unspecified atom stereocenters. The zero-order chi connectivity index (χ0) is 18.9. The molecule has 0 aliphatic carbocycles. The molecule has 1 aliphatic heterocycles. The summed E-state index contributed by atoms with van der Waals surface area (Å²) in [6.45, 7) is 4.12. The number of aryl methyl sites for hydroxylation is 2. The molecule has 0 atom stereocenters. The number of sulfonamides is 1. The predicted octanol–water partition coefficient (Wildman–Crippen LogP) is 3.14. The molecule has 1 aromatic heterocycles. The van der Waals surface area contributed by atoms with Gasteiger partial charge < -0.3 is 9.15 Å². The van der Waals surface area contributed by atoms with Crippen LogP contribution >= 0.6 is 11.6 Å². The van der Waals surface area contributed by atoms with E-state index in [9.17, 15) is 13.2 Å². The molecule has 1 fully saturated rings. The van der Waals surface area contributed by atoms with Gasteiger partial charge in [-0.1, -0.05) is 17.7 Å². The van der Waals surface area contributed by atoms with Crippen molar-refractivity contribution in [3.8, 4) is 5.75 Å². The predicted molar refractivity (Wildman–Crippen MR) is 98.3 cm³/mol. The van der Waals surface area contributed by atoms with Gasteiger partial charge in [-0.25, -0.2) is 13.2 Å². The molecule has 2 heterocycles. The fraction of sp³-hybridized carbons (Fsp3) is 0.389. The highest BCUT2D eigenvalue weighted by molar-refractivity contribution is 7.89. The van der Waals surface area contributed by atoms with Crippen LogP contribution in [0.1, 0.15) is 24.2 Å². The van der Waals surface area contributed by atoms with Gasteiger partial charge in [0.1, 0.15) is 17.6 Å². The SMILES string of the molecule is Cc1cc(OC2CCN(S(=O)(=O)c3cc(Cl)ccc3C)CC2)cc(=O)o1. The van der Waals surface area contributed by atoms with Crippen LogP contribution in [0.3, 0.4) is 0 Å². The Hall–Kier alpha value is -1.83. The Kier molecular flexibility index (Phi) is 5.41. The molecule has 1 aromatic carbocycles.